The van der Waals surface area contributed by atoms with Crippen molar-refractivity contribution in [2.75, 3.05) is 6.54 Å². The first-order valence-electron chi connectivity index (χ1n) is 7.45. The molecular weight excluding hydrogens is 349 g/mol. The summed E-state index contributed by atoms with van der Waals surface area (Å²) >= 11 is 11.8. The molecule has 0 aromatic heterocycles. The van der Waals surface area contributed by atoms with Gasteiger partial charge in [0.05, 0.1) is 6.42 Å². The zero-order chi connectivity index (χ0) is 17.5. The lowest BCUT2D eigenvalue weighted by Gasteiger charge is -2.15. The molecule has 0 aliphatic carbocycles. The number of nitrogens with one attached hydrogen (secondary N) is 1. The van der Waals surface area contributed by atoms with E-state index in [2.05, 4.69) is 5.32 Å². The maximum absolute atomic E-state index is 11.9. The molecule has 2 rings (SSSR count). The molecule has 126 valence electrons. The second-order valence-corrected chi connectivity index (χ2v) is 6.01. The summed E-state index contributed by atoms with van der Waals surface area (Å²) in [6.07, 6.45) is -0.369. The SMILES string of the molecule is C[C@@H](OC(=O)CCNC(=O)c1ccc(Cl)cc1)c1ccccc1Cl. The number of rotatable bonds is 6. The van der Waals surface area contributed by atoms with Gasteiger partial charge < -0.3 is 10.1 Å². The van der Waals surface area contributed by atoms with Gasteiger partial charge >= 0.3 is 5.97 Å². The van der Waals surface area contributed by atoms with Crippen molar-refractivity contribution < 1.29 is 14.3 Å². The van der Waals surface area contributed by atoms with E-state index in [1.807, 2.05) is 18.2 Å². The Bertz CT molecular complexity index is 716. The van der Waals surface area contributed by atoms with E-state index in [0.29, 0.717) is 15.6 Å². The monoisotopic (exact) mass is 365 g/mol. The molecule has 1 amide bonds. The number of hydrogen-bond acceptors (Lipinski definition) is 3. The Morgan fingerprint density at radius 1 is 1.08 bits per heavy atom. The third-order valence-electron chi connectivity index (χ3n) is 3.37. The Hall–Kier alpha value is -2.04. The van der Waals surface area contributed by atoms with Crippen molar-refractivity contribution in [3.63, 3.8) is 0 Å². The summed E-state index contributed by atoms with van der Waals surface area (Å²) in [6, 6.07) is 13.7. The molecule has 0 bridgehead atoms. The van der Waals surface area contributed by atoms with Crippen molar-refractivity contribution in [2.45, 2.75) is 19.4 Å². The number of ether oxygens (including phenoxy) is 1. The number of carbonyl (C=O) groups is 2. The highest BCUT2D eigenvalue weighted by molar-refractivity contribution is 6.31. The maximum atomic E-state index is 11.9. The highest BCUT2D eigenvalue weighted by Crippen LogP contribution is 2.25. The molecule has 0 aliphatic rings. The van der Waals surface area contributed by atoms with E-state index in [4.69, 9.17) is 27.9 Å². The van der Waals surface area contributed by atoms with Crippen LogP contribution in [-0.4, -0.2) is 18.4 Å². The highest BCUT2D eigenvalue weighted by Gasteiger charge is 2.14. The summed E-state index contributed by atoms with van der Waals surface area (Å²) < 4.78 is 5.33. The zero-order valence-electron chi connectivity index (χ0n) is 13.1. The van der Waals surface area contributed by atoms with Crippen LogP contribution in [0.1, 0.15) is 35.4 Å². The minimum Gasteiger partial charge on any atom is -0.458 e. The standard InChI is InChI=1S/C18H17Cl2NO3/c1-12(15-4-2-3-5-16(15)20)24-17(22)10-11-21-18(23)13-6-8-14(19)9-7-13/h2-9,12H,10-11H2,1H3,(H,21,23)/t12-/m1/s1. The molecule has 24 heavy (non-hydrogen) atoms. The molecule has 0 saturated heterocycles. The van der Waals surface area contributed by atoms with Gasteiger partial charge in [-0.3, -0.25) is 9.59 Å². The molecule has 2 aromatic carbocycles. The van der Waals surface area contributed by atoms with Crippen LogP contribution in [0.25, 0.3) is 0 Å². The first-order valence-corrected chi connectivity index (χ1v) is 8.20. The van der Waals surface area contributed by atoms with Crippen LogP contribution in [0.4, 0.5) is 0 Å². The Balaban J connectivity index is 1.78. The Labute approximate surface area is 150 Å². The first kappa shape index (κ1) is 18.3. The molecule has 0 saturated carbocycles. The van der Waals surface area contributed by atoms with Crippen molar-refractivity contribution in [1.29, 1.82) is 0 Å². The second kappa shape index (κ2) is 8.71. The minimum absolute atomic E-state index is 0.0775. The van der Waals surface area contributed by atoms with Crippen LogP contribution >= 0.6 is 23.2 Å². The molecule has 4 nitrogen and oxygen atoms in total. The van der Waals surface area contributed by atoms with Crippen LogP contribution in [0.2, 0.25) is 10.0 Å². The fourth-order valence-corrected chi connectivity index (χ4v) is 2.52. The third kappa shape index (κ3) is 5.25. The van der Waals surface area contributed by atoms with Crippen molar-refractivity contribution >= 4 is 35.1 Å². The molecule has 2 aromatic rings. The van der Waals surface area contributed by atoms with Crippen molar-refractivity contribution in [2.24, 2.45) is 0 Å². The summed E-state index contributed by atoms with van der Waals surface area (Å²) in [5.74, 6) is -0.669. The van der Waals surface area contributed by atoms with Crippen LogP contribution < -0.4 is 5.32 Å². The Morgan fingerprint density at radius 2 is 1.75 bits per heavy atom. The van der Waals surface area contributed by atoms with E-state index < -0.39 is 12.1 Å². The average molecular weight is 366 g/mol. The molecule has 0 aliphatic heterocycles. The quantitative estimate of drug-likeness (QED) is 0.770. The van der Waals surface area contributed by atoms with E-state index in [-0.39, 0.29) is 18.9 Å². The second-order valence-electron chi connectivity index (χ2n) is 5.17. The van der Waals surface area contributed by atoms with Gasteiger partial charge in [-0.25, -0.2) is 0 Å². The average Bonchev–Trinajstić information content (AvgIpc) is 2.55. The fraction of sp³-hybridized carbons (Fsp3) is 0.222. The maximum Gasteiger partial charge on any atom is 0.308 e. The van der Waals surface area contributed by atoms with Crippen LogP contribution in [0.5, 0.6) is 0 Å². The largest absolute Gasteiger partial charge is 0.458 e. The molecular formula is C18H17Cl2NO3. The van der Waals surface area contributed by atoms with Gasteiger partial charge in [-0.15, -0.1) is 0 Å². The lowest BCUT2D eigenvalue weighted by atomic mass is 10.1. The number of hydrogen-bond donors (Lipinski definition) is 1. The number of benzene rings is 2. The van der Waals surface area contributed by atoms with Gasteiger partial charge in [-0.05, 0) is 37.3 Å². The van der Waals surface area contributed by atoms with E-state index in [9.17, 15) is 9.59 Å². The smallest absolute Gasteiger partial charge is 0.308 e. The van der Waals surface area contributed by atoms with Gasteiger partial charge in [0.2, 0.25) is 0 Å². The lowest BCUT2D eigenvalue weighted by Crippen LogP contribution is -2.26. The minimum atomic E-state index is -0.446. The van der Waals surface area contributed by atoms with Crippen LogP contribution in [0, 0.1) is 0 Å². The Kier molecular flexibility index (Phi) is 6.64. The normalized spacial score (nSPS) is 11.6. The predicted octanol–water partition coefficient (Wildman–Crippen LogP) is 4.42. The topological polar surface area (TPSA) is 55.4 Å². The molecule has 0 fully saturated rings. The predicted molar refractivity (Wildman–Crippen MR) is 94.4 cm³/mol. The summed E-state index contributed by atoms with van der Waals surface area (Å²) in [4.78, 5) is 23.8. The molecule has 1 N–H and O–H groups in total. The van der Waals surface area contributed by atoms with E-state index in [1.165, 1.54) is 0 Å². The third-order valence-corrected chi connectivity index (χ3v) is 3.97. The lowest BCUT2D eigenvalue weighted by molar-refractivity contribution is -0.148. The highest BCUT2D eigenvalue weighted by atomic mass is 35.5. The number of carbonyl (C=O) groups excluding carboxylic acids is 2. The van der Waals surface area contributed by atoms with Crippen LogP contribution in [0.3, 0.4) is 0 Å². The van der Waals surface area contributed by atoms with Crippen LogP contribution in [0.15, 0.2) is 48.5 Å². The molecule has 1 atom stereocenters. The molecule has 0 spiro atoms. The van der Waals surface area contributed by atoms with Crippen molar-refractivity contribution in [3.8, 4) is 0 Å². The number of esters is 1. The zero-order valence-corrected chi connectivity index (χ0v) is 14.6. The van der Waals surface area contributed by atoms with Crippen molar-refractivity contribution in [3.05, 3.63) is 69.7 Å². The van der Waals surface area contributed by atoms with E-state index >= 15 is 0 Å². The first-order chi connectivity index (χ1) is 11.5. The number of halogens is 2. The summed E-state index contributed by atoms with van der Waals surface area (Å²) in [7, 11) is 0. The van der Waals surface area contributed by atoms with Gasteiger partial charge in [0, 0.05) is 27.7 Å². The molecule has 0 heterocycles. The van der Waals surface area contributed by atoms with Crippen LogP contribution in [-0.2, 0) is 9.53 Å². The summed E-state index contributed by atoms with van der Waals surface area (Å²) in [5, 5.41) is 3.77. The molecule has 0 radical (unpaired) electrons. The van der Waals surface area contributed by atoms with E-state index in [1.54, 1.807) is 37.3 Å². The Morgan fingerprint density at radius 3 is 2.42 bits per heavy atom. The summed E-state index contributed by atoms with van der Waals surface area (Å²) in [6.45, 7) is 1.95. The van der Waals surface area contributed by atoms with E-state index in [0.717, 1.165) is 5.56 Å². The van der Waals surface area contributed by atoms with Gasteiger partial charge in [0.1, 0.15) is 6.10 Å². The number of amides is 1. The molecule has 0 unspecified atom stereocenters. The summed E-state index contributed by atoms with van der Waals surface area (Å²) in [5.41, 5.74) is 1.23. The van der Waals surface area contributed by atoms with Gasteiger partial charge in [-0.2, -0.15) is 0 Å². The molecule has 6 heteroatoms. The fourth-order valence-electron chi connectivity index (χ4n) is 2.11. The van der Waals surface area contributed by atoms with Crippen molar-refractivity contribution in [1.82, 2.24) is 5.32 Å². The van der Waals surface area contributed by atoms with Gasteiger partial charge in [0.15, 0.2) is 0 Å². The van der Waals surface area contributed by atoms with Gasteiger partial charge in [-0.1, -0.05) is 41.4 Å². The van der Waals surface area contributed by atoms with Gasteiger partial charge in [0.25, 0.3) is 5.91 Å².